The number of rotatable bonds is 2. The van der Waals surface area contributed by atoms with Gasteiger partial charge in [-0.15, -0.1) is 12.4 Å². The molecule has 0 saturated heterocycles. The van der Waals surface area contributed by atoms with Crippen LogP contribution in [-0.4, -0.2) is 16.0 Å². The van der Waals surface area contributed by atoms with Crippen molar-refractivity contribution >= 4 is 57.7 Å². The van der Waals surface area contributed by atoms with Crippen LogP contribution >= 0.6 is 47.2 Å². The van der Waals surface area contributed by atoms with Crippen molar-refractivity contribution in [1.82, 2.24) is 5.43 Å². The highest BCUT2D eigenvalue weighted by Gasteiger charge is 2.11. The molecule has 4 nitrogen and oxygen atoms in total. The van der Waals surface area contributed by atoms with E-state index in [1.54, 1.807) is 31.2 Å². The number of hydrogen-bond acceptors (Lipinski definition) is 4. The minimum Gasteiger partial charge on any atom is -0.276 e. The Hall–Kier alpha value is -1.21. The second-order valence-corrected chi connectivity index (χ2v) is 7.41. The van der Waals surface area contributed by atoms with Crippen molar-refractivity contribution in [3.63, 3.8) is 0 Å². The quantitative estimate of drug-likeness (QED) is 0.324. The van der Waals surface area contributed by atoms with E-state index in [4.69, 9.17) is 40.6 Å². The molecule has 0 radical (unpaired) electrons. The van der Waals surface area contributed by atoms with Crippen LogP contribution < -0.4 is 11.3 Å². The van der Waals surface area contributed by atoms with Gasteiger partial charge < -0.3 is 0 Å². The molecule has 9 heteroatoms. The highest BCUT2D eigenvalue weighted by Crippen LogP contribution is 2.23. The molecule has 0 aliphatic rings. The first-order valence-corrected chi connectivity index (χ1v) is 8.91. The van der Waals surface area contributed by atoms with E-state index in [-0.39, 0.29) is 28.5 Å². The summed E-state index contributed by atoms with van der Waals surface area (Å²) in [6.45, 7) is 7.56. The third-order valence-corrected chi connectivity index (χ3v) is 3.87. The molecule has 2 aromatic carbocycles. The smallest absolute Gasteiger partial charge is 0.252 e. The monoisotopic (exact) mass is 470 g/mol. The van der Waals surface area contributed by atoms with Gasteiger partial charge in [0.05, 0.1) is 5.02 Å². The van der Waals surface area contributed by atoms with Crippen LogP contribution in [0.2, 0.25) is 5.02 Å². The van der Waals surface area contributed by atoms with Crippen LogP contribution in [0.15, 0.2) is 42.5 Å². The number of benzene rings is 2. The normalized spacial score (nSPS) is 9.75. The Bertz CT molecular complexity index is 767. The minimum atomic E-state index is -0.630. The van der Waals surface area contributed by atoms with Crippen LogP contribution in [0.3, 0.4) is 0 Å². The molecule has 0 unspecified atom stereocenters. The zero-order valence-electron chi connectivity index (χ0n) is 15.9. The molecule has 0 amide bonds. The van der Waals surface area contributed by atoms with Gasteiger partial charge >= 0.3 is 0 Å². The maximum Gasteiger partial charge on any atom is 0.252 e. The van der Waals surface area contributed by atoms with Crippen LogP contribution in [0.25, 0.3) is 0 Å². The van der Waals surface area contributed by atoms with Gasteiger partial charge in [0.1, 0.15) is 5.82 Å². The van der Waals surface area contributed by atoms with Crippen molar-refractivity contribution in [2.24, 2.45) is 5.84 Å². The van der Waals surface area contributed by atoms with E-state index >= 15 is 0 Å². The molecule has 2 aromatic rings. The Balaban J connectivity index is 0. The predicted molar refractivity (Wildman–Crippen MR) is 117 cm³/mol. The third-order valence-electron chi connectivity index (χ3n) is 2.98. The Morgan fingerprint density at radius 3 is 1.79 bits per heavy atom. The standard InChI is InChI=1S/C8H5Cl2FO.C7H5ClO.C4H12N2.ClH/c1-4-5(8(10)12)2-3-6(11)7(4)9;8-7(9)6-4-2-1-3-5-6;1-4(2,3)6-5;/h2-3H,1H3;1-5H;6H,5H2,1-3H3;1H. The van der Waals surface area contributed by atoms with Gasteiger partial charge in [0, 0.05) is 16.7 Å². The SMILES string of the molecule is CC(C)(C)NN.Cc1c(C(=O)Cl)ccc(F)c1Cl.Cl.O=C(Cl)c1ccccc1. The van der Waals surface area contributed by atoms with Crippen LogP contribution in [-0.2, 0) is 0 Å². The number of hydrogen-bond donors (Lipinski definition) is 2. The summed E-state index contributed by atoms with van der Waals surface area (Å²) in [5.41, 5.74) is 3.83. The molecule has 0 spiro atoms. The Kier molecular flexibility index (Phi) is 14.4. The van der Waals surface area contributed by atoms with Gasteiger partial charge in [-0.25, -0.2) is 4.39 Å². The second kappa shape index (κ2) is 13.9. The molecule has 0 bridgehead atoms. The topological polar surface area (TPSA) is 72.2 Å². The van der Waals surface area contributed by atoms with Crippen LogP contribution in [0.5, 0.6) is 0 Å². The molecule has 0 heterocycles. The molecule has 0 saturated carbocycles. The molecule has 0 aliphatic carbocycles. The first kappa shape index (κ1) is 29.0. The fourth-order valence-electron chi connectivity index (χ4n) is 1.43. The average molecular weight is 472 g/mol. The van der Waals surface area contributed by atoms with Gasteiger partial charge in [0.25, 0.3) is 10.5 Å². The van der Waals surface area contributed by atoms with E-state index in [0.717, 1.165) is 6.07 Å². The maximum atomic E-state index is 12.7. The van der Waals surface area contributed by atoms with Gasteiger partial charge in [-0.05, 0) is 68.6 Å². The van der Waals surface area contributed by atoms with Crippen LogP contribution in [0.4, 0.5) is 4.39 Å². The molecule has 0 fully saturated rings. The van der Waals surface area contributed by atoms with E-state index in [0.29, 0.717) is 11.1 Å². The van der Waals surface area contributed by atoms with Crippen LogP contribution in [0, 0.1) is 12.7 Å². The van der Waals surface area contributed by atoms with E-state index < -0.39 is 16.3 Å². The molecule has 156 valence electrons. The summed E-state index contributed by atoms with van der Waals surface area (Å²) in [5, 5.41) is -1.09. The zero-order valence-corrected chi connectivity index (χ0v) is 18.9. The molecule has 0 atom stereocenters. The highest BCUT2D eigenvalue weighted by atomic mass is 35.5. The average Bonchev–Trinajstić information content (AvgIpc) is 2.60. The van der Waals surface area contributed by atoms with Crippen molar-refractivity contribution in [2.75, 3.05) is 0 Å². The number of hydrazine groups is 1. The summed E-state index contributed by atoms with van der Waals surface area (Å²) in [7, 11) is 0. The van der Waals surface area contributed by atoms with Crippen LogP contribution in [0.1, 0.15) is 47.1 Å². The summed E-state index contributed by atoms with van der Waals surface area (Å²) in [4.78, 5) is 21.1. The van der Waals surface area contributed by atoms with E-state index in [1.807, 2.05) is 26.8 Å². The predicted octanol–water partition coefficient (Wildman–Crippen LogP) is 5.90. The van der Waals surface area contributed by atoms with Gasteiger partial charge in [-0.2, -0.15) is 0 Å². The number of halogens is 5. The molecule has 28 heavy (non-hydrogen) atoms. The lowest BCUT2D eigenvalue weighted by molar-refractivity contribution is 0.107. The summed E-state index contributed by atoms with van der Waals surface area (Å²) < 4.78 is 12.7. The van der Waals surface area contributed by atoms with E-state index in [1.165, 1.54) is 6.07 Å². The lowest BCUT2D eigenvalue weighted by Crippen LogP contribution is -2.41. The van der Waals surface area contributed by atoms with E-state index in [2.05, 4.69) is 5.43 Å². The summed E-state index contributed by atoms with van der Waals surface area (Å²) >= 11 is 15.9. The van der Waals surface area contributed by atoms with Crippen molar-refractivity contribution in [3.8, 4) is 0 Å². The largest absolute Gasteiger partial charge is 0.276 e. The zero-order chi connectivity index (χ0) is 21.2. The lowest BCUT2D eigenvalue weighted by Gasteiger charge is -2.14. The van der Waals surface area contributed by atoms with Gasteiger partial charge in [-0.3, -0.25) is 20.9 Å². The fraction of sp³-hybridized carbons (Fsp3) is 0.263. The Morgan fingerprint density at radius 2 is 1.46 bits per heavy atom. The number of carbonyl (C=O) groups is 2. The molecular formula is C19H23Cl4FN2O2. The second-order valence-electron chi connectivity index (χ2n) is 6.34. The molecule has 3 N–H and O–H groups in total. The molecule has 0 aromatic heterocycles. The van der Waals surface area contributed by atoms with Crippen molar-refractivity contribution in [2.45, 2.75) is 33.2 Å². The maximum absolute atomic E-state index is 12.7. The van der Waals surface area contributed by atoms with Gasteiger partial charge in [0.2, 0.25) is 0 Å². The Morgan fingerprint density at radius 1 is 1.00 bits per heavy atom. The first-order chi connectivity index (χ1) is 12.4. The van der Waals surface area contributed by atoms with Crippen molar-refractivity contribution in [1.29, 1.82) is 0 Å². The van der Waals surface area contributed by atoms with Gasteiger partial charge in [0.15, 0.2) is 0 Å². The summed E-state index contributed by atoms with van der Waals surface area (Å²) in [6.07, 6.45) is 0. The Labute approximate surface area is 185 Å². The number of nitrogens with two attached hydrogens (primary N) is 1. The molecule has 2 rings (SSSR count). The van der Waals surface area contributed by atoms with Crippen molar-refractivity contribution in [3.05, 3.63) is 70.0 Å². The first-order valence-electron chi connectivity index (χ1n) is 7.77. The lowest BCUT2D eigenvalue weighted by atomic mass is 10.1. The summed E-state index contributed by atoms with van der Waals surface area (Å²) in [6, 6.07) is 11.2. The number of nitrogens with one attached hydrogen (secondary N) is 1. The number of carbonyl (C=O) groups excluding carboxylic acids is 2. The highest BCUT2D eigenvalue weighted by molar-refractivity contribution is 6.68. The summed E-state index contributed by atoms with van der Waals surface area (Å²) in [5.74, 6) is 4.51. The molecular weight excluding hydrogens is 449 g/mol. The van der Waals surface area contributed by atoms with E-state index in [9.17, 15) is 14.0 Å². The van der Waals surface area contributed by atoms with Gasteiger partial charge in [-0.1, -0.05) is 41.9 Å². The minimum absolute atomic E-state index is 0. The van der Waals surface area contributed by atoms with Crippen molar-refractivity contribution < 1.29 is 14.0 Å². The fourth-order valence-corrected chi connectivity index (χ4v) is 1.93. The molecule has 0 aliphatic heterocycles. The third kappa shape index (κ3) is 11.6.